The van der Waals surface area contributed by atoms with Crippen LogP contribution in [0.25, 0.3) is 0 Å². The van der Waals surface area contributed by atoms with Crippen molar-refractivity contribution in [3.8, 4) is 0 Å². The third-order valence-corrected chi connectivity index (χ3v) is 3.12. The van der Waals surface area contributed by atoms with E-state index < -0.39 is 5.60 Å². The van der Waals surface area contributed by atoms with Gasteiger partial charge in [0.15, 0.2) is 0 Å². The zero-order valence-corrected chi connectivity index (χ0v) is 12.7. The van der Waals surface area contributed by atoms with Crippen LogP contribution in [0.5, 0.6) is 0 Å². The van der Waals surface area contributed by atoms with Gasteiger partial charge in [-0.05, 0) is 44.4 Å². The van der Waals surface area contributed by atoms with Crippen molar-refractivity contribution in [2.45, 2.75) is 53.1 Å². The Labute approximate surface area is 116 Å². The SMILES string of the molecule is CC.Cc1ccc2c(c1)N(CCC(C)(C)O)C(=O)C2. The predicted molar refractivity (Wildman–Crippen MR) is 79.5 cm³/mol. The van der Waals surface area contributed by atoms with Gasteiger partial charge >= 0.3 is 0 Å². The van der Waals surface area contributed by atoms with Crippen LogP contribution in [0.3, 0.4) is 0 Å². The number of nitrogens with zero attached hydrogens (tertiary/aromatic N) is 1. The molecule has 0 radical (unpaired) electrons. The molecule has 3 heteroatoms. The number of anilines is 1. The van der Waals surface area contributed by atoms with E-state index in [1.807, 2.05) is 39.0 Å². The number of aliphatic hydroxyl groups is 1. The van der Waals surface area contributed by atoms with Crippen molar-refractivity contribution in [1.29, 1.82) is 0 Å². The first kappa shape index (κ1) is 15.7. The first-order valence-corrected chi connectivity index (χ1v) is 6.99. The van der Waals surface area contributed by atoms with Crippen molar-refractivity contribution < 1.29 is 9.90 Å². The van der Waals surface area contributed by atoms with E-state index in [1.165, 1.54) is 0 Å². The average molecular weight is 263 g/mol. The highest BCUT2D eigenvalue weighted by Gasteiger charge is 2.28. The van der Waals surface area contributed by atoms with Crippen molar-refractivity contribution in [1.82, 2.24) is 0 Å². The maximum Gasteiger partial charge on any atom is 0.231 e. The Hall–Kier alpha value is -1.35. The molecule has 0 atom stereocenters. The monoisotopic (exact) mass is 263 g/mol. The Bertz CT molecular complexity index is 447. The Morgan fingerprint density at radius 1 is 1.32 bits per heavy atom. The van der Waals surface area contributed by atoms with Gasteiger partial charge in [-0.1, -0.05) is 26.0 Å². The Balaban J connectivity index is 0.000000861. The van der Waals surface area contributed by atoms with Crippen LogP contribution in [0.15, 0.2) is 18.2 Å². The summed E-state index contributed by atoms with van der Waals surface area (Å²) in [5, 5.41) is 9.73. The van der Waals surface area contributed by atoms with Gasteiger partial charge in [0.1, 0.15) is 0 Å². The first-order chi connectivity index (χ1) is 8.87. The van der Waals surface area contributed by atoms with Crippen molar-refractivity contribution >= 4 is 11.6 Å². The van der Waals surface area contributed by atoms with E-state index in [0.717, 1.165) is 16.8 Å². The molecule has 1 N–H and O–H groups in total. The van der Waals surface area contributed by atoms with Crippen LogP contribution < -0.4 is 4.90 Å². The molecule has 1 aromatic rings. The lowest BCUT2D eigenvalue weighted by molar-refractivity contribution is -0.117. The third-order valence-electron chi connectivity index (χ3n) is 3.12. The largest absolute Gasteiger partial charge is 0.390 e. The van der Waals surface area contributed by atoms with Gasteiger partial charge in [-0.3, -0.25) is 4.79 Å². The lowest BCUT2D eigenvalue weighted by Crippen LogP contribution is -2.33. The van der Waals surface area contributed by atoms with Crippen LogP contribution in [0.1, 0.15) is 45.2 Å². The van der Waals surface area contributed by atoms with E-state index in [-0.39, 0.29) is 5.91 Å². The summed E-state index contributed by atoms with van der Waals surface area (Å²) >= 11 is 0. The topological polar surface area (TPSA) is 40.5 Å². The smallest absolute Gasteiger partial charge is 0.231 e. The number of amides is 1. The quantitative estimate of drug-likeness (QED) is 0.910. The summed E-state index contributed by atoms with van der Waals surface area (Å²) in [7, 11) is 0. The molecule has 1 aromatic carbocycles. The van der Waals surface area contributed by atoms with E-state index in [4.69, 9.17) is 0 Å². The summed E-state index contributed by atoms with van der Waals surface area (Å²) in [6.45, 7) is 10.1. The molecule has 106 valence electrons. The first-order valence-electron chi connectivity index (χ1n) is 6.99. The lowest BCUT2D eigenvalue weighted by Gasteiger charge is -2.23. The summed E-state index contributed by atoms with van der Waals surface area (Å²) in [5.74, 6) is 0.134. The summed E-state index contributed by atoms with van der Waals surface area (Å²) in [5.41, 5.74) is 2.54. The minimum absolute atomic E-state index is 0.134. The molecular formula is C16H25NO2. The summed E-state index contributed by atoms with van der Waals surface area (Å²) < 4.78 is 0. The highest BCUT2D eigenvalue weighted by atomic mass is 16.3. The molecule has 0 unspecified atom stereocenters. The van der Waals surface area contributed by atoms with Crippen LogP contribution >= 0.6 is 0 Å². The zero-order valence-electron chi connectivity index (χ0n) is 12.7. The van der Waals surface area contributed by atoms with Gasteiger partial charge in [0, 0.05) is 12.2 Å². The normalized spacial score (nSPS) is 14.0. The summed E-state index contributed by atoms with van der Waals surface area (Å²) in [6.07, 6.45) is 1.08. The van der Waals surface area contributed by atoms with E-state index in [0.29, 0.717) is 19.4 Å². The Morgan fingerprint density at radius 2 is 1.95 bits per heavy atom. The molecule has 0 aromatic heterocycles. The molecule has 1 aliphatic heterocycles. The fourth-order valence-electron chi connectivity index (χ4n) is 2.10. The molecule has 0 saturated heterocycles. The third kappa shape index (κ3) is 4.06. The summed E-state index contributed by atoms with van der Waals surface area (Å²) in [4.78, 5) is 13.7. The molecule has 19 heavy (non-hydrogen) atoms. The van der Waals surface area contributed by atoms with Crippen LogP contribution in [0, 0.1) is 6.92 Å². The highest BCUT2D eigenvalue weighted by molar-refractivity contribution is 6.01. The van der Waals surface area contributed by atoms with Crippen molar-refractivity contribution in [2.24, 2.45) is 0 Å². The van der Waals surface area contributed by atoms with Crippen LogP contribution in [0.2, 0.25) is 0 Å². The standard InChI is InChI=1S/C14H19NO2.C2H6/c1-10-4-5-11-9-13(16)15(12(11)8-10)7-6-14(2,3)17;1-2/h4-5,8,17H,6-7,9H2,1-3H3;1-2H3. The predicted octanol–water partition coefficient (Wildman–Crippen LogP) is 3.07. The van der Waals surface area contributed by atoms with Gasteiger partial charge in [0.2, 0.25) is 5.91 Å². The fourth-order valence-corrected chi connectivity index (χ4v) is 2.10. The maximum absolute atomic E-state index is 11.9. The summed E-state index contributed by atoms with van der Waals surface area (Å²) in [6, 6.07) is 6.10. The molecule has 0 spiro atoms. The number of aryl methyl sites for hydroxylation is 1. The van der Waals surface area contributed by atoms with Gasteiger partial charge < -0.3 is 10.0 Å². The highest BCUT2D eigenvalue weighted by Crippen LogP contribution is 2.30. The van der Waals surface area contributed by atoms with Crippen molar-refractivity contribution in [3.63, 3.8) is 0 Å². The zero-order chi connectivity index (χ0) is 14.6. The lowest BCUT2D eigenvalue weighted by atomic mass is 10.1. The van der Waals surface area contributed by atoms with Crippen molar-refractivity contribution in [2.75, 3.05) is 11.4 Å². The molecular weight excluding hydrogens is 238 g/mol. The Morgan fingerprint density at radius 3 is 2.53 bits per heavy atom. The number of hydrogen-bond acceptors (Lipinski definition) is 2. The van der Waals surface area contributed by atoms with Gasteiger partial charge in [-0.25, -0.2) is 0 Å². The second-order valence-electron chi connectivity index (χ2n) is 5.42. The van der Waals surface area contributed by atoms with Crippen LogP contribution in [0.4, 0.5) is 5.69 Å². The number of carbonyl (C=O) groups is 1. The van der Waals surface area contributed by atoms with E-state index in [1.54, 1.807) is 18.7 Å². The second kappa shape index (κ2) is 6.20. The number of fused-ring (bicyclic) bond motifs is 1. The minimum atomic E-state index is -0.729. The molecule has 1 heterocycles. The number of hydrogen-bond donors (Lipinski definition) is 1. The Kier molecular flexibility index (Phi) is 5.12. The van der Waals surface area contributed by atoms with Crippen LogP contribution in [-0.4, -0.2) is 23.2 Å². The number of carbonyl (C=O) groups excluding carboxylic acids is 1. The van der Waals surface area contributed by atoms with Gasteiger partial charge in [-0.15, -0.1) is 0 Å². The van der Waals surface area contributed by atoms with E-state index in [2.05, 4.69) is 0 Å². The molecule has 0 fully saturated rings. The van der Waals surface area contributed by atoms with Crippen molar-refractivity contribution in [3.05, 3.63) is 29.3 Å². The fraction of sp³-hybridized carbons (Fsp3) is 0.562. The second-order valence-corrected chi connectivity index (χ2v) is 5.42. The molecule has 0 aliphatic carbocycles. The molecule has 1 amide bonds. The minimum Gasteiger partial charge on any atom is -0.390 e. The van der Waals surface area contributed by atoms with Gasteiger partial charge in [-0.2, -0.15) is 0 Å². The average Bonchev–Trinajstić information content (AvgIpc) is 2.63. The van der Waals surface area contributed by atoms with Gasteiger partial charge in [0.25, 0.3) is 0 Å². The van der Waals surface area contributed by atoms with Crippen LogP contribution in [-0.2, 0) is 11.2 Å². The van der Waals surface area contributed by atoms with Gasteiger partial charge in [0.05, 0.1) is 12.0 Å². The molecule has 0 saturated carbocycles. The molecule has 2 rings (SSSR count). The van der Waals surface area contributed by atoms with E-state index in [9.17, 15) is 9.90 Å². The molecule has 0 bridgehead atoms. The molecule has 3 nitrogen and oxygen atoms in total. The number of benzene rings is 1. The van der Waals surface area contributed by atoms with E-state index >= 15 is 0 Å². The number of rotatable bonds is 3. The maximum atomic E-state index is 11.9. The molecule has 1 aliphatic rings.